The Hall–Kier alpha value is -3.53. The number of allylic oxidation sites excluding steroid dienone is 1. The Labute approximate surface area is 211 Å². The fraction of sp³-hybridized carbons (Fsp3) is 0.370. The van der Waals surface area contributed by atoms with Crippen molar-refractivity contribution in [2.75, 3.05) is 13.7 Å². The topological polar surface area (TPSA) is 127 Å². The Morgan fingerprint density at radius 1 is 1.22 bits per heavy atom. The molecule has 1 amide bonds. The monoisotopic (exact) mass is 497 g/mol. The molecule has 36 heavy (non-hydrogen) atoms. The standard InChI is InChI=1S/C20H19N3O3.C6H12O2.CH4O/c1-2-3-6-18(25)21-13-19-22-17(14-24)20(26-19)15-7-9-16(10-8-15)23-11-4-5-12-23;1-5-2-3-6(4-7)8-5;1-2/h2,4-5,7-12,14H,1,3,6,13H2,(H,21,25);5-7H,2-4H2,1H3;2H,1H3. The second kappa shape index (κ2) is 15.5. The van der Waals surface area contributed by atoms with Gasteiger partial charge in [0.15, 0.2) is 12.0 Å². The molecule has 1 fully saturated rings. The van der Waals surface area contributed by atoms with E-state index in [1.165, 1.54) is 0 Å². The predicted molar refractivity (Wildman–Crippen MR) is 137 cm³/mol. The minimum absolute atomic E-state index is 0.117. The van der Waals surface area contributed by atoms with Crippen LogP contribution in [-0.4, -0.2) is 57.9 Å². The summed E-state index contributed by atoms with van der Waals surface area (Å²) in [7, 11) is 1.00. The maximum Gasteiger partial charge on any atom is 0.220 e. The van der Waals surface area contributed by atoms with Gasteiger partial charge in [-0.3, -0.25) is 9.59 Å². The van der Waals surface area contributed by atoms with Crippen molar-refractivity contribution in [1.29, 1.82) is 0 Å². The highest BCUT2D eigenvalue weighted by Gasteiger charge is 2.20. The molecule has 2 atom stereocenters. The minimum Gasteiger partial charge on any atom is -0.438 e. The van der Waals surface area contributed by atoms with Crippen LogP contribution in [0.1, 0.15) is 49.0 Å². The van der Waals surface area contributed by atoms with Crippen LogP contribution < -0.4 is 5.32 Å². The molecule has 4 rings (SSSR count). The lowest BCUT2D eigenvalue weighted by atomic mass is 10.1. The molecule has 0 radical (unpaired) electrons. The zero-order valence-corrected chi connectivity index (χ0v) is 20.8. The maximum atomic E-state index is 11.7. The Balaban J connectivity index is 0.000000384. The van der Waals surface area contributed by atoms with Crippen LogP contribution in [0.2, 0.25) is 0 Å². The molecule has 1 aliphatic heterocycles. The van der Waals surface area contributed by atoms with Crippen molar-refractivity contribution in [3.8, 4) is 17.0 Å². The second-order valence-electron chi connectivity index (χ2n) is 8.01. The van der Waals surface area contributed by atoms with E-state index in [-0.39, 0.29) is 30.9 Å². The van der Waals surface area contributed by atoms with Gasteiger partial charge in [0.25, 0.3) is 0 Å². The number of amides is 1. The van der Waals surface area contributed by atoms with Crippen molar-refractivity contribution in [2.45, 2.75) is 51.4 Å². The number of nitrogens with zero attached hydrogens (tertiary/aromatic N) is 2. The number of ether oxygens (including phenoxy) is 1. The Morgan fingerprint density at radius 3 is 2.44 bits per heavy atom. The molecular weight excluding hydrogens is 462 g/mol. The first-order chi connectivity index (χ1) is 17.5. The Bertz CT molecular complexity index is 1060. The number of aliphatic hydroxyl groups excluding tert-OH is 2. The van der Waals surface area contributed by atoms with Crippen LogP contribution in [0.4, 0.5) is 0 Å². The van der Waals surface area contributed by atoms with E-state index in [2.05, 4.69) is 16.9 Å². The highest BCUT2D eigenvalue weighted by atomic mass is 16.5. The van der Waals surface area contributed by atoms with E-state index in [9.17, 15) is 9.59 Å². The molecule has 3 heterocycles. The normalized spacial score (nSPS) is 16.2. The lowest BCUT2D eigenvalue weighted by Gasteiger charge is -2.05. The summed E-state index contributed by atoms with van der Waals surface area (Å²) in [5.74, 6) is 0.575. The number of aldehydes is 1. The first-order valence-electron chi connectivity index (χ1n) is 11.8. The highest BCUT2D eigenvalue weighted by Crippen LogP contribution is 2.25. The van der Waals surface area contributed by atoms with Crippen LogP contribution >= 0.6 is 0 Å². The van der Waals surface area contributed by atoms with E-state index in [1.807, 2.05) is 60.3 Å². The van der Waals surface area contributed by atoms with Crippen molar-refractivity contribution in [3.05, 3.63) is 73.0 Å². The molecule has 194 valence electrons. The highest BCUT2D eigenvalue weighted by molar-refractivity contribution is 5.82. The van der Waals surface area contributed by atoms with Gasteiger partial charge in [-0.2, -0.15) is 0 Å². The van der Waals surface area contributed by atoms with Crippen molar-refractivity contribution < 1.29 is 29.0 Å². The molecule has 0 saturated carbocycles. The predicted octanol–water partition coefficient (Wildman–Crippen LogP) is 3.68. The lowest BCUT2D eigenvalue weighted by Crippen LogP contribution is -2.22. The summed E-state index contributed by atoms with van der Waals surface area (Å²) < 4.78 is 12.9. The molecule has 3 aromatic rings. The van der Waals surface area contributed by atoms with Gasteiger partial charge in [-0.25, -0.2) is 4.98 Å². The molecule has 9 heteroatoms. The lowest BCUT2D eigenvalue weighted by molar-refractivity contribution is -0.121. The number of nitrogens with one attached hydrogen (secondary N) is 1. The molecule has 1 saturated heterocycles. The van der Waals surface area contributed by atoms with Gasteiger partial charge in [-0.1, -0.05) is 6.08 Å². The number of aliphatic hydroxyl groups is 2. The van der Waals surface area contributed by atoms with Crippen LogP contribution in [0, 0.1) is 0 Å². The van der Waals surface area contributed by atoms with Crippen LogP contribution in [0.15, 0.2) is 65.9 Å². The molecule has 2 aromatic heterocycles. The number of rotatable bonds is 9. The summed E-state index contributed by atoms with van der Waals surface area (Å²) >= 11 is 0. The first kappa shape index (κ1) is 28.7. The van der Waals surface area contributed by atoms with Gasteiger partial charge in [0.05, 0.1) is 25.4 Å². The molecule has 1 aromatic carbocycles. The maximum absolute atomic E-state index is 11.7. The third-order valence-corrected chi connectivity index (χ3v) is 5.38. The van der Waals surface area contributed by atoms with Gasteiger partial charge in [0, 0.05) is 37.2 Å². The minimum atomic E-state index is -0.117. The average Bonchev–Trinajstić information content (AvgIpc) is 3.69. The SMILES string of the molecule is C=CCCC(=O)NCc1nc(C=O)c(-c2ccc(-n3cccc3)cc2)o1.CC1CCC(CO)O1.CO. The van der Waals surface area contributed by atoms with Gasteiger partial charge in [0.2, 0.25) is 11.8 Å². The summed E-state index contributed by atoms with van der Waals surface area (Å²) in [6.45, 7) is 5.94. The fourth-order valence-electron chi connectivity index (χ4n) is 3.55. The molecule has 9 nitrogen and oxygen atoms in total. The molecule has 3 N–H and O–H groups in total. The zero-order valence-electron chi connectivity index (χ0n) is 20.8. The number of hydrogen-bond acceptors (Lipinski definition) is 7. The van der Waals surface area contributed by atoms with Gasteiger partial charge in [-0.05, 0) is 62.6 Å². The number of carbonyl (C=O) groups excluding carboxylic acids is 2. The number of oxazole rings is 1. The number of hydrogen-bond donors (Lipinski definition) is 3. The molecule has 0 aliphatic carbocycles. The zero-order chi connectivity index (χ0) is 26.3. The number of benzene rings is 1. The van der Waals surface area contributed by atoms with Crippen molar-refractivity contribution in [2.24, 2.45) is 0 Å². The third kappa shape index (κ3) is 8.60. The summed E-state index contributed by atoms with van der Waals surface area (Å²) in [4.78, 5) is 27.1. The average molecular weight is 498 g/mol. The van der Waals surface area contributed by atoms with E-state index in [0.717, 1.165) is 31.2 Å². The van der Waals surface area contributed by atoms with Gasteiger partial charge in [0.1, 0.15) is 5.69 Å². The van der Waals surface area contributed by atoms with E-state index in [4.69, 9.17) is 19.4 Å². The molecule has 2 unspecified atom stereocenters. The summed E-state index contributed by atoms with van der Waals surface area (Å²) in [6, 6.07) is 11.5. The van der Waals surface area contributed by atoms with Crippen LogP contribution in [0.5, 0.6) is 0 Å². The van der Waals surface area contributed by atoms with E-state index >= 15 is 0 Å². The molecule has 1 aliphatic rings. The van der Waals surface area contributed by atoms with E-state index in [0.29, 0.717) is 36.9 Å². The van der Waals surface area contributed by atoms with Crippen LogP contribution in [0.25, 0.3) is 17.0 Å². The van der Waals surface area contributed by atoms with Crippen LogP contribution in [-0.2, 0) is 16.1 Å². The van der Waals surface area contributed by atoms with Crippen molar-refractivity contribution in [1.82, 2.24) is 14.9 Å². The summed E-state index contributed by atoms with van der Waals surface area (Å²) in [6.07, 6.45) is 9.84. The second-order valence-corrected chi connectivity index (χ2v) is 8.01. The molecule has 0 bridgehead atoms. The summed E-state index contributed by atoms with van der Waals surface area (Å²) in [5, 5.41) is 18.3. The Morgan fingerprint density at radius 2 is 1.92 bits per heavy atom. The van der Waals surface area contributed by atoms with Gasteiger partial charge < -0.3 is 29.3 Å². The first-order valence-corrected chi connectivity index (χ1v) is 11.8. The van der Waals surface area contributed by atoms with E-state index in [1.54, 1.807) is 6.08 Å². The summed E-state index contributed by atoms with van der Waals surface area (Å²) in [5.41, 5.74) is 1.97. The largest absolute Gasteiger partial charge is 0.438 e. The quantitative estimate of drug-likeness (QED) is 0.304. The Kier molecular flexibility index (Phi) is 12.3. The van der Waals surface area contributed by atoms with Gasteiger partial charge >= 0.3 is 0 Å². The number of aromatic nitrogens is 2. The van der Waals surface area contributed by atoms with Crippen molar-refractivity contribution in [3.63, 3.8) is 0 Å². The third-order valence-electron chi connectivity index (χ3n) is 5.38. The fourth-order valence-corrected chi connectivity index (χ4v) is 3.55. The molecule has 0 spiro atoms. The van der Waals surface area contributed by atoms with Crippen LogP contribution in [0.3, 0.4) is 0 Å². The van der Waals surface area contributed by atoms with Crippen molar-refractivity contribution >= 4 is 12.2 Å². The molecular formula is C27H35N3O6. The van der Waals surface area contributed by atoms with E-state index < -0.39 is 0 Å². The smallest absolute Gasteiger partial charge is 0.220 e. The van der Waals surface area contributed by atoms with Gasteiger partial charge in [-0.15, -0.1) is 6.58 Å². The number of carbonyl (C=O) groups is 2.